The molecule has 0 spiro atoms. The van der Waals surface area contributed by atoms with Crippen molar-refractivity contribution in [1.29, 1.82) is 0 Å². The van der Waals surface area contributed by atoms with Crippen molar-refractivity contribution in [2.75, 3.05) is 6.61 Å². The molecule has 0 N–H and O–H groups in total. The molecule has 0 amide bonds. The van der Waals surface area contributed by atoms with E-state index in [-0.39, 0.29) is 0 Å². The highest BCUT2D eigenvalue weighted by Crippen LogP contribution is 2.19. The molecule has 1 aliphatic rings. The molecule has 0 aliphatic carbocycles. The summed E-state index contributed by atoms with van der Waals surface area (Å²) in [5, 5.41) is 0. The second-order valence-electron chi connectivity index (χ2n) is 2.10. The molecule has 1 rings (SSSR count). The zero-order chi connectivity index (χ0) is 6.53. The van der Waals surface area contributed by atoms with Crippen LogP contribution in [-0.4, -0.2) is 6.61 Å². The average Bonchev–Trinajstić information content (AvgIpc) is 1.91. The first-order valence-corrected chi connectivity index (χ1v) is 3.16. The smallest absolute Gasteiger partial charge is 0.140 e. The number of ether oxygens (including phenoxy) is 1. The van der Waals surface area contributed by atoms with Gasteiger partial charge in [0.1, 0.15) is 6.61 Å². The van der Waals surface area contributed by atoms with E-state index in [0.717, 1.165) is 19.4 Å². The lowest BCUT2D eigenvalue weighted by molar-refractivity contribution is 0.156. The van der Waals surface area contributed by atoms with Gasteiger partial charge in [-0.2, -0.15) is 0 Å². The Morgan fingerprint density at radius 2 is 2.67 bits per heavy atom. The summed E-state index contributed by atoms with van der Waals surface area (Å²) in [5.41, 5.74) is 0. The molecule has 1 saturated heterocycles. The monoisotopic (exact) mass is 122 g/mol. The van der Waals surface area contributed by atoms with Gasteiger partial charge in [-0.15, -0.1) is 6.58 Å². The Hall–Kier alpha value is -0.300. The van der Waals surface area contributed by atoms with Crippen molar-refractivity contribution >= 4 is 0 Å². The Bertz CT molecular complexity index is 82.6. The number of rotatable bonds is 2. The largest absolute Gasteiger partial charge is 0.368 e. The van der Waals surface area contributed by atoms with Crippen LogP contribution < -0.4 is 0 Å². The maximum absolute atomic E-state index is 4.85. The SMILES string of the molecule is C=CCC1[C][C]OCC1. The molecule has 1 heterocycles. The minimum Gasteiger partial charge on any atom is -0.368 e. The third kappa shape index (κ3) is 2.19. The van der Waals surface area contributed by atoms with E-state index in [1.165, 1.54) is 0 Å². The summed E-state index contributed by atoms with van der Waals surface area (Å²) in [6.45, 7) is 7.05. The quantitative estimate of drug-likeness (QED) is 0.507. The minimum atomic E-state index is 0.497. The Morgan fingerprint density at radius 3 is 3.22 bits per heavy atom. The van der Waals surface area contributed by atoms with Gasteiger partial charge in [0.2, 0.25) is 0 Å². The van der Waals surface area contributed by atoms with Crippen LogP contribution in [0, 0.1) is 18.9 Å². The maximum atomic E-state index is 4.85. The Labute approximate surface area is 56.7 Å². The van der Waals surface area contributed by atoms with Gasteiger partial charge < -0.3 is 4.74 Å². The van der Waals surface area contributed by atoms with Gasteiger partial charge in [0.05, 0.1) is 0 Å². The van der Waals surface area contributed by atoms with Crippen molar-refractivity contribution in [3.63, 3.8) is 0 Å². The first kappa shape index (κ1) is 6.81. The number of hydrogen-bond donors (Lipinski definition) is 0. The second-order valence-corrected chi connectivity index (χ2v) is 2.10. The van der Waals surface area contributed by atoms with Crippen molar-refractivity contribution in [3.8, 4) is 0 Å². The van der Waals surface area contributed by atoms with Gasteiger partial charge in [-0.3, -0.25) is 0 Å². The van der Waals surface area contributed by atoms with Crippen LogP contribution in [0.15, 0.2) is 12.7 Å². The number of hydrogen-bond acceptors (Lipinski definition) is 1. The van der Waals surface area contributed by atoms with E-state index in [9.17, 15) is 0 Å². The van der Waals surface area contributed by atoms with Crippen LogP contribution in [0.25, 0.3) is 0 Å². The summed E-state index contributed by atoms with van der Waals surface area (Å²) >= 11 is 0. The van der Waals surface area contributed by atoms with Gasteiger partial charge in [0, 0.05) is 13.0 Å². The zero-order valence-electron chi connectivity index (χ0n) is 5.39. The molecule has 1 heteroatoms. The highest BCUT2D eigenvalue weighted by molar-refractivity contribution is 4.90. The second kappa shape index (κ2) is 3.67. The molecule has 1 aliphatic heterocycles. The van der Waals surface area contributed by atoms with Crippen LogP contribution >= 0.6 is 0 Å². The summed E-state index contributed by atoms with van der Waals surface area (Å²) < 4.78 is 4.85. The molecule has 1 nitrogen and oxygen atoms in total. The predicted octanol–water partition coefficient (Wildman–Crippen LogP) is 1.72. The van der Waals surface area contributed by atoms with Gasteiger partial charge >= 0.3 is 0 Å². The highest BCUT2D eigenvalue weighted by atomic mass is 16.5. The lowest BCUT2D eigenvalue weighted by atomic mass is 9.97. The van der Waals surface area contributed by atoms with Crippen LogP contribution in [0.5, 0.6) is 0 Å². The van der Waals surface area contributed by atoms with Crippen molar-refractivity contribution in [1.82, 2.24) is 0 Å². The van der Waals surface area contributed by atoms with E-state index < -0.39 is 0 Å². The molecule has 9 heavy (non-hydrogen) atoms. The topological polar surface area (TPSA) is 9.23 Å². The molecule has 0 bridgehead atoms. The van der Waals surface area contributed by atoms with Gasteiger partial charge in [0.15, 0.2) is 0 Å². The third-order valence-electron chi connectivity index (χ3n) is 1.35. The molecule has 1 fully saturated rings. The summed E-state index contributed by atoms with van der Waals surface area (Å²) in [6, 6.07) is 0. The first-order valence-electron chi connectivity index (χ1n) is 3.16. The van der Waals surface area contributed by atoms with Crippen LogP contribution in [0.3, 0.4) is 0 Å². The zero-order valence-corrected chi connectivity index (χ0v) is 5.39. The molecular formula is C8H10O. The molecule has 1 atom stereocenters. The van der Waals surface area contributed by atoms with Gasteiger partial charge in [-0.25, -0.2) is 0 Å². The van der Waals surface area contributed by atoms with E-state index >= 15 is 0 Å². The van der Waals surface area contributed by atoms with Crippen molar-refractivity contribution in [2.24, 2.45) is 5.92 Å². The van der Waals surface area contributed by atoms with Gasteiger partial charge in [0.25, 0.3) is 0 Å². The molecule has 1 unspecified atom stereocenters. The standard InChI is InChI=1S/C8H10O/c1-2-3-8-4-6-9-7-5-8/h2,8H,1,3-4,6H2. The molecule has 0 aromatic rings. The summed E-state index contributed by atoms with van der Waals surface area (Å²) in [6.07, 6.45) is 6.93. The summed E-state index contributed by atoms with van der Waals surface area (Å²) in [5.74, 6) is 0.497. The van der Waals surface area contributed by atoms with Crippen molar-refractivity contribution < 1.29 is 4.74 Å². The van der Waals surface area contributed by atoms with Crippen LogP contribution in [0.4, 0.5) is 0 Å². The van der Waals surface area contributed by atoms with Crippen LogP contribution in [0.2, 0.25) is 0 Å². The van der Waals surface area contributed by atoms with E-state index in [0.29, 0.717) is 5.92 Å². The van der Waals surface area contributed by atoms with E-state index in [1.54, 1.807) is 0 Å². The predicted molar refractivity (Wildman–Crippen MR) is 35.4 cm³/mol. The molecular weight excluding hydrogens is 112 g/mol. The third-order valence-corrected chi connectivity index (χ3v) is 1.35. The van der Waals surface area contributed by atoms with Crippen molar-refractivity contribution in [3.05, 3.63) is 25.7 Å². The molecule has 48 valence electrons. The fourth-order valence-corrected chi connectivity index (χ4v) is 0.827. The maximum Gasteiger partial charge on any atom is 0.140 e. The van der Waals surface area contributed by atoms with Gasteiger partial charge in [-0.05, 0) is 18.8 Å². The van der Waals surface area contributed by atoms with E-state index in [2.05, 4.69) is 19.6 Å². The highest BCUT2D eigenvalue weighted by Gasteiger charge is 2.12. The summed E-state index contributed by atoms with van der Waals surface area (Å²) in [7, 11) is 0. The molecule has 0 aromatic heterocycles. The fraction of sp³-hybridized carbons (Fsp3) is 0.500. The molecule has 0 saturated carbocycles. The lowest BCUT2D eigenvalue weighted by Gasteiger charge is -2.17. The van der Waals surface area contributed by atoms with E-state index in [4.69, 9.17) is 4.74 Å². The van der Waals surface area contributed by atoms with Crippen LogP contribution in [0.1, 0.15) is 12.8 Å². The average molecular weight is 122 g/mol. The Balaban J connectivity index is 2.15. The Morgan fingerprint density at radius 1 is 1.78 bits per heavy atom. The first-order chi connectivity index (χ1) is 4.43. The molecule has 0 aromatic carbocycles. The molecule has 4 radical (unpaired) electrons. The van der Waals surface area contributed by atoms with E-state index in [1.807, 2.05) is 6.08 Å². The van der Waals surface area contributed by atoms with Gasteiger partial charge in [-0.1, -0.05) is 6.08 Å². The Kier molecular flexibility index (Phi) is 2.78. The summed E-state index contributed by atoms with van der Waals surface area (Å²) in [4.78, 5) is 0. The lowest BCUT2D eigenvalue weighted by Crippen LogP contribution is -2.11. The normalized spacial score (nSPS) is 21.8. The van der Waals surface area contributed by atoms with Crippen molar-refractivity contribution in [2.45, 2.75) is 12.8 Å². The number of allylic oxidation sites excluding steroid dienone is 1. The van der Waals surface area contributed by atoms with Crippen LogP contribution in [-0.2, 0) is 4.74 Å². The minimum absolute atomic E-state index is 0.497. The fourth-order valence-electron chi connectivity index (χ4n) is 0.827.